The summed E-state index contributed by atoms with van der Waals surface area (Å²) in [7, 11) is 1.85. The van der Waals surface area contributed by atoms with Gasteiger partial charge in [0, 0.05) is 30.8 Å². The molecule has 1 fully saturated rings. The molecule has 3 N–H and O–H groups in total. The smallest absolute Gasteiger partial charge is 0.238 e. The molecule has 5 rings (SSSR count). The molecule has 152 valence electrons. The third kappa shape index (κ3) is 3.85. The molecule has 4 heterocycles. The first kappa shape index (κ1) is 18.6. The Hall–Kier alpha value is -3.43. The Kier molecular flexibility index (Phi) is 4.82. The van der Waals surface area contributed by atoms with Gasteiger partial charge in [-0.2, -0.15) is 5.10 Å². The van der Waals surface area contributed by atoms with Crippen LogP contribution in [0.4, 0.5) is 11.6 Å². The lowest BCUT2D eigenvalue weighted by Crippen LogP contribution is -2.99. The number of rotatable bonds is 6. The Morgan fingerprint density at radius 1 is 1.13 bits per heavy atom. The first-order chi connectivity index (χ1) is 14.6. The highest BCUT2D eigenvalue weighted by Gasteiger charge is 2.23. The number of fused-ring (bicyclic) bond motifs is 1. The van der Waals surface area contributed by atoms with Crippen molar-refractivity contribution < 1.29 is 14.8 Å². The second-order valence-corrected chi connectivity index (χ2v) is 7.37. The highest BCUT2D eigenvalue weighted by Crippen LogP contribution is 2.33. The van der Waals surface area contributed by atoms with Crippen molar-refractivity contribution >= 4 is 34.1 Å². The van der Waals surface area contributed by atoms with E-state index >= 15 is 0 Å². The van der Waals surface area contributed by atoms with Crippen LogP contribution in [-0.2, 0) is 7.05 Å². The summed E-state index contributed by atoms with van der Waals surface area (Å²) in [6.45, 7) is 1.90. The zero-order valence-electron chi connectivity index (χ0n) is 16.1. The lowest BCUT2D eigenvalue weighted by atomic mass is 10.2. The number of ether oxygens (including phenoxy) is 2. The highest BCUT2D eigenvalue weighted by atomic mass is 35.5. The Bertz CT molecular complexity index is 1210. The number of nitrogens with two attached hydrogens (primary N) is 1. The van der Waals surface area contributed by atoms with Crippen LogP contribution in [0.3, 0.4) is 0 Å². The quantitative estimate of drug-likeness (QED) is 0.489. The number of aromatic nitrogens is 5. The fraction of sp³-hybridized carbons (Fsp3) is 0.200. The van der Waals surface area contributed by atoms with Crippen LogP contribution in [-0.4, -0.2) is 43.9 Å². The number of nitrogens with zero attached hydrogens (tertiary/aromatic N) is 5. The maximum atomic E-state index is 6.36. The standard InChI is InChI=1S/C20H18ClN7O2/c1-28-5-4-18(27-28)26-19-15-6-12(2-3-17(15)24-11-25-19)30-20-16(21)7-13(10-23-20)29-14-8-22-9-14/h2-7,10-11,14,22H,8-9H2,1H3,(H,24,25,26,27)/p+1. The molecule has 0 bridgehead atoms. The first-order valence-corrected chi connectivity index (χ1v) is 9.85. The number of benzene rings is 1. The zero-order valence-corrected chi connectivity index (χ0v) is 16.9. The molecule has 0 atom stereocenters. The Morgan fingerprint density at radius 3 is 2.77 bits per heavy atom. The molecule has 4 aromatic rings. The fourth-order valence-electron chi connectivity index (χ4n) is 3.05. The SMILES string of the molecule is Cn1ccc(Nc2ncnc3ccc(Oc4ncc(OC5C[NH2+]C5)cc4Cl)cc23)n1. The average Bonchev–Trinajstić information content (AvgIpc) is 3.12. The van der Waals surface area contributed by atoms with E-state index in [1.54, 1.807) is 16.9 Å². The Morgan fingerprint density at radius 2 is 2.03 bits per heavy atom. The number of anilines is 2. The van der Waals surface area contributed by atoms with E-state index in [1.807, 2.05) is 37.5 Å². The maximum absolute atomic E-state index is 6.36. The fourth-order valence-corrected chi connectivity index (χ4v) is 3.25. The summed E-state index contributed by atoms with van der Waals surface area (Å²) in [6, 6.07) is 9.10. The van der Waals surface area contributed by atoms with Crippen LogP contribution in [0.1, 0.15) is 0 Å². The number of aryl methyl sites for hydroxylation is 1. The summed E-state index contributed by atoms with van der Waals surface area (Å²) < 4.78 is 13.4. The molecule has 1 saturated heterocycles. The molecular weight excluding hydrogens is 406 g/mol. The summed E-state index contributed by atoms with van der Waals surface area (Å²) in [5.41, 5.74) is 0.774. The van der Waals surface area contributed by atoms with Gasteiger partial charge in [0.15, 0.2) is 11.9 Å². The highest BCUT2D eigenvalue weighted by molar-refractivity contribution is 6.32. The van der Waals surface area contributed by atoms with Crippen LogP contribution < -0.4 is 20.1 Å². The largest absolute Gasteiger partial charge is 0.477 e. The van der Waals surface area contributed by atoms with Crippen molar-refractivity contribution in [1.29, 1.82) is 0 Å². The van der Waals surface area contributed by atoms with Crippen molar-refractivity contribution in [1.82, 2.24) is 24.7 Å². The number of nitrogens with one attached hydrogen (secondary N) is 1. The molecular formula is C20H19ClN7O2+. The van der Waals surface area contributed by atoms with Crippen LogP contribution in [0, 0.1) is 0 Å². The van der Waals surface area contributed by atoms with Gasteiger partial charge in [0.25, 0.3) is 0 Å². The van der Waals surface area contributed by atoms with Gasteiger partial charge in [-0.1, -0.05) is 11.6 Å². The van der Waals surface area contributed by atoms with Crippen molar-refractivity contribution in [2.24, 2.45) is 7.05 Å². The van der Waals surface area contributed by atoms with Crippen molar-refractivity contribution in [2.75, 3.05) is 18.4 Å². The van der Waals surface area contributed by atoms with Crippen molar-refractivity contribution in [3.63, 3.8) is 0 Å². The van der Waals surface area contributed by atoms with E-state index in [0.29, 0.717) is 34.0 Å². The lowest BCUT2D eigenvalue weighted by Gasteiger charge is -2.23. The van der Waals surface area contributed by atoms with E-state index < -0.39 is 0 Å². The molecule has 1 aliphatic heterocycles. The molecule has 9 nitrogen and oxygen atoms in total. The first-order valence-electron chi connectivity index (χ1n) is 9.47. The van der Waals surface area contributed by atoms with Gasteiger partial charge in [-0.05, 0) is 18.2 Å². The van der Waals surface area contributed by atoms with Gasteiger partial charge in [0.05, 0.1) is 11.7 Å². The van der Waals surface area contributed by atoms with E-state index in [4.69, 9.17) is 21.1 Å². The Labute approximate surface area is 177 Å². The lowest BCUT2D eigenvalue weighted by molar-refractivity contribution is -0.721. The molecule has 0 spiro atoms. The predicted molar refractivity (Wildman–Crippen MR) is 111 cm³/mol. The van der Waals surface area contributed by atoms with Gasteiger partial charge in [-0.25, -0.2) is 15.0 Å². The number of quaternary nitrogens is 1. The van der Waals surface area contributed by atoms with Gasteiger partial charge in [0.2, 0.25) is 5.88 Å². The molecule has 30 heavy (non-hydrogen) atoms. The summed E-state index contributed by atoms with van der Waals surface area (Å²) in [5, 5.41) is 10.9. The molecule has 10 heteroatoms. The molecule has 0 amide bonds. The van der Waals surface area contributed by atoms with Gasteiger partial charge in [-0.3, -0.25) is 4.68 Å². The van der Waals surface area contributed by atoms with Gasteiger partial charge in [-0.15, -0.1) is 0 Å². The number of hydrogen-bond acceptors (Lipinski definition) is 7. The van der Waals surface area contributed by atoms with Crippen LogP contribution in [0.15, 0.2) is 49.1 Å². The van der Waals surface area contributed by atoms with E-state index in [9.17, 15) is 0 Å². The van der Waals surface area contributed by atoms with Crippen molar-refractivity contribution in [3.8, 4) is 17.4 Å². The van der Waals surface area contributed by atoms with Crippen LogP contribution in [0.2, 0.25) is 5.02 Å². The minimum Gasteiger partial charge on any atom is -0.477 e. The van der Waals surface area contributed by atoms with E-state index in [2.05, 4.69) is 30.7 Å². The van der Waals surface area contributed by atoms with E-state index in [0.717, 1.165) is 24.0 Å². The van der Waals surface area contributed by atoms with Crippen LogP contribution in [0.25, 0.3) is 10.9 Å². The second kappa shape index (κ2) is 7.77. The maximum Gasteiger partial charge on any atom is 0.238 e. The van der Waals surface area contributed by atoms with Crippen molar-refractivity contribution in [3.05, 3.63) is 54.1 Å². The molecule has 0 aliphatic carbocycles. The third-order valence-corrected chi connectivity index (χ3v) is 5.00. The van der Waals surface area contributed by atoms with E-state index in [1.165, 1.54) is 6.33 Å². The molecule has 3 aromatic heterocycles. The van der Waals surface area contributed by atoms with Gasteiger partial charge in [0.1, 0.15) is 41.8 Å². The monoisotopic (exact) mass is 424 g/mol. The number of halogens is 1. The molecule has 0 saturated carbocycles. The minimum atomic E-state index is 0.208. The molecule has 0 radical (unpaired) electrons. The summed E-state index contributed by atoms with van der Waals surface area (Å²) >= 11 is 6.36. The zero-order chi connectivity index (χ0) is 20.5. The number of hydrogen-bond donors (Lipinski definition) is 2. The average molecular weight is 425 g/mol. The predicted octanol–water partition coefficient (Wildman–Crippen LogP) is 2.27. The summed E-state index contributed by atoms with van der Waals surface area (Å²) in [5.74, 6) is 2.83. The summed E-state index contributed by atoms with van der Waals surface area (Å²) in [6.07, 6.45) is 5.19. The Balaban J connectivity index is 1.40. The third-order valence-electron chi connectivity index (χ3n) is 4.73. The van der Waals surface area contributed by atoms with E-state index in [-0.39, 0.29) is 6.10 Å². The van der Waals surface area contributed by atoms with Crippen LogP contribution >= 0.6 is 11.6 Å². The van der Waals surface area contributed by atoms with Gasteiger partial charge >= 0.3 is 0 Å². The number of pyridine rings is 1. The topological polar surface area (TPSA) is 104 Å². The minimum absolute atomic E-state index is 0.208. The van der Waals surface area contributed by atoms with Gasteiger partial charge < -0.3 is 20.1 Å². The van der Waals surface area contributed by atoms with Crippen LogP contribution in [0.5, 0.6) is 17.4 Å². The van der Waals surface area contributed by atoms with Crippen molar-refractivity contribution in [2.45, 2.75) is 6.10 Å². The molecule has 0 unspecified atom stereocenters. The molecule has 1 aliphatic rings. The second-order valence-electron chi connectivity index (χ2n) is 6.96. The normalized spacial score (nSPS) is 13.8. The molecule has 1 aromatic carbocycles. The summed E-state index contributed by atoms with van der Waals surface area (Å²) in [4.78, 5) is 13.0.